The molecule has 0 bridgehead atoms. The first-order chi connectivity index (χ1) is 9.17. The van der Waals surface area contributed by atoms with E-state index in [0.717, 1.165) is 24.2 Å². The maximum atomic E-state index is 10.1. The van der Waals surface area contributed by atoms with Crippen molar-refractivity contribution >= 4 is 0 Å². The second-order valence-electron chi connectivity index (χ2n) is 4.71. The minimum Gasteiger partial charge on any atom is -0.494 e. The summed E-state index contributed by atoms with van der Waals surface area (Å²) in [7, 11) is 1.65. The van der Waals surface area contributed by atoms with Crippen molar-refractivity contribution in [3.05, 3.63) is 29.8 Å². The molecule has 1 aromatic rings. The van der Waals surface area contributed by atoms with Crippen LogP contribution in [-0.2, 0) is 4.74 Å². The quantitative estimate of drug-likeness (QED) is 0.720. The van der Waals surface area contributed by atoms with Crippen LogP contribution >= 0.6 is 0 Å². The molecule has 0 fully saturated rings. The van der Waals surface area contributed by atoms with E-state index in [1.54, 1.807) is 7.11 Å². The molecule has 4 heteroatoms. The summed E-state index contributed by atoms with van der Waals surface area (Å²) in [6.07, 6.45) is 1.75. The van der Waals surface area contributed by atoms with E-state index in [1.807, 2.05) is 24.3 Å². The van der Waals surface area contributed by atoms with Crippen molar-refractivity contribution in [2.45, 2.75) is 38.3 Å². The van der Waals surface area contributed by atoms with E-state index >= 15 is 0 Å². The van der Waals surface area contributed by atoms with Crippen molar-refractivity contribution < 1.29 is 14.6 Å². The Morgan fingerprint density at radius 2 is 1.89 bits per heavy atom. The summed E-state index contributed by atoms with van der Waals surface area (Å²) in [5.41, 5.74) is 6.80. The highest BCUT2D eigenvalue weighted by atomic mass is 16.5. The highest BCUT2D eigenvalue weighted by Gasteiger charge is 2.12. The number of hydrogen-bond acceptors (Lipinski definition) is 4. The third kappa shape index (κ3) is 6.05. The first-order valence-electron chi connectivity index (χ1n) is 6.82. The zero-order valence-corrected chi connectivity index (χ0v) is 11.8. The molecule has 2 unspecified atom stereocenters. The summed E-state index contributed by atoms with van der Waals surface area (Å²) in [6, 6.07) is 7.49. The first kappa shape index (κ1) is 16.0. The van der Waals surface area contributed by atoms with E-state index in [4.69, 9.17) is 15.2 Å². The van der Waals surface area contributed by atoms with Crippen LogP contribution in [0.2, 0.25) is 0 Å². The number of rotatable bonds is 9. The summed E-state index contributed by atoms with van der Waals surface area (Å²) in [6.45, 7) is 3.40. The van der Waals surface area contributed by atoms with Crippen LogP contribution in [0.1, 0.15) is 37.9 Å². The van der Waals surface area contributed by atoms with Gasteiger partial charge in [-0.15, -0.1) is 0 Å². The van der Waals surface area contributed by atoms with Crippen LogP contribution in [0.25, 0.3) is 0 Å². The van der Waals surface area contributed by atoms with Gasteiger partial charge in [-0.1, -0.05) is 19.1 Å². The van der Waals surface area contributed by atoms with Gasteiger partial charge in [0.25, 0.3) is 0 Å². The second-order valence-corrected chi connectivity index (χ2v) is 4.71. The number of ether oxygens (including phenoxy) is 2. The maximum Gasteiger partial charge on any atom is 0.119 e. The molecule has 1 rings (SSSR count). The summed E-state index contributed by atoms with van der Waals surface area (Å²) < 4.78 is 10.5. The molecular weight excluding hydrogens is 242 g/mol. The monoisotopic (exact) mass is 267 g/mol. The van der Waals surface area contributed by atoms with Crippen LogP contribution in [0.4, 0.5) is 0 Å². The molecule has 0 aliphatic heterocycles. The average Bonchev–Trinajstić information content (AvgIpc) is 2.43. The van der Waals surface area contributed by atoms with E-state index < -0.39 is 6.10 Å². The highest BCUT2D eigenvalue weighted by molar-refractivity contribution is 5.28. The Balaban J connectivity index is 2.45. The number of nitrogens with two attached hydrogens (primary N) is 1. The van der Waals surface area contributed by atoms with Crippen molar-refractivity contribution in [2.75, 3.05) is 20.3 Å². The molecule has 0 heterocycles. The van der Waals surface area contributed by atoms with E-state index in [0.29, 0.717) is 19.6 Å². The third-order valence-corrected chi connectivity index (χ3v) is 2.96. The maximum absolute atomic E-state index is 10.1. The van der Waals surface area contributed by atoms with Gasteiger partial charge in [0, 0.05) is 19.8 Å². The number of hydrogen-bond donors (Lipinski definition) is 2. The van der Waals surface area contributed by atoms with Crippen molar-refractivity contribution in [3.63, 3.8) is 0 Å². The largest absolute Gasteiger partial charge is 0.494 e. The average molecular weight is 267 g/mol. The molecule has 19 heavy (non-hydrogen) atoms. The lowest BCUT2D eigenvalue weighted by Crippen LogP contribution is -2.24. The number of aliphatic hydroxyl groups is 1. The zero-order valence-electron chi connectivity index (χ0n) is 11.8. The van der Waals surface area contributed by atoms with Crippen molar-refractivity contribution in [1.82, 2.24) is 0 Å². The van der Waals surface area contributed by atoms with Crippen LogP contribution in [0.15, 0.2) is 24.3 Å². The van der Waals surface area contributed by atoms with Gasteiger partial charge in [0.15, 0.2) is 0 Å². The van der Waals surface area contributed by atoms with Gasteiger partial charge in [-0.2, -0.15) is 0 Å². The van der Waals surface area contributed by atoms with E-state index in [2.05, 4.69) is 6.92 Å². The lowest BCUT2D eigenvalue weighted by Gasteiger charge is -2.17. The summed E-state index contributed by atoms with van der Waals surface area (Å²) in [5, 5.41) is 10.1. The second kappa shape index (κ2) is 8.91. The van der Waals surface area contributed by atoms with Gasteiger partial charge in [-0.05, 0) is 37.0 Å². The molecule has 0 saturated heterocycles. The molecule has 0 aromatic heterocycles. The molecule has 4 nitrogen and oxygen atoms in total. The van der Waals surface area contributed by atoms with Gasteiger partial charge in [0.2, 0.25) is 0 Å². The summed E-state index contributed by atoms with van der Waals surface area (Å²) in [4.78, 5) is 0. The minimum absolute atomic E-state index is 0.0500. The molecule has 0 saturated carbocycles. The Morgan fingerprint density at radius 3 is 2.47 bits per heavy atom. The van der Waals surface area contributed by atoms with Crippen LogP contribution < -0.4 is 10.5 Å². The summed E-state index contributed by atoms with van der Waals surface area (Å²) >= 11 is 0. The standard InChI is InChI=1S/C15H25NO3/c1-3-9-19-14-6-4-12(5-7-14)15(17)11-13(16)8-10-18-2/h4-7,13,15,17H,3,8-11,16H2,1-2H3. The third-order valence-electron chi connectivity index (χ3n) is 2.96. The fraction of sp³-hybridized carbons (Fsp3) is 0.600. The fourth-order valence-electron chi connectivity index (χ4n) is 1.82. The number of methoxy groups -OCH3 is 1. The molecule has 2 atom stereocenters. The van der Waals surface area contributed by atoms with Crippen LogP contribution in [0, 0.1) is 0 Å². The Morgan fingerprint density at radius 1 is 1.21 bits per heavy atom. The predicted molar refractivity (Wildman–Crippen MR) is 76.3 cm³/mol. The molecule has 3 N–H and O–H groups in total. The topological polar surface area (TPSA) is 64.7 Å². The minimum atomic E-state index is -0.535. The van der Waals surface area contributed by atoms with Crippen LogP contribution in [0.3, 0.4) is 0 Å². The lowest BCUT2D eigenvalue weighted by atomic mass is 10.0. The van der Waals surface area contributed by atoms with Crippen LogP contribution in [-0.4, -0.2) is 31.5 Å². The first-order valence-corrected chi connectivity index (χ1v) is 6.82. The Bertz CT molecular complexity index is 340. The zero-order chi connectivity index (χ0) is 14.1. The SMILES string of the molecule is CCCOc1ccc(C(O)CC(N)CCOC)cc1. The van der Waals surface area contributed by atoms with Crippen LogP contribution in [0.5, 0.6) is 5.75 Å². The van der Waals surface area contributed by atoms with Gasteiger partial charge < -0.3 is 20.3 Å². The number of aliphatic hydroxyl groups excluding tert-OH is 1. The Hall–Kier alpha value is -1.10. The van der Waals surface area contributed by atoms with E-state index in [9.17, 15) is 5.11 Å². The molecule has 0 aliphatic carbocycles. The van der Waals surface area contributed by atoms with Crippen molar-refractivity contribution in [1.29, 1.82) is 0 Å². The van der Waals surface area contributed by atoms with Gasteiger partial charge >= 0.3 is 0 Å². The van der Waals surface area contributed by atoms with Crippen molar-refractivity contribution in [2.24, 2.45) is 5.73 Å². The normalized spacial score (nSPS) is 14.1. The number of benzene rings is 1. The molecule has 0 spiro atoms. The molecule has 0 amide bonds. The van der Waals surface area contributed by atoms with Gasteiger partial charge in [-0.3, -0.25) is 0 Å². The van der Waals surface area contributed by atoms with E-state index in [-0.39, 0.29) is 6.04 Å². The van der Waals surface area contributed by atoms with E-state index in [1.165, 1.54) is 0 Å². The predicted octanol–water partition coefficient (Wildman–Crippen LogP) is 2.26. The molecule has 1 aromatic carbocycles. The Kier molecular flexibility index (Phi) is 7.48. The molecule has 0 aliphatic rings. The van der Waals surface area contributed by atoms with Gasteiger partial charge in [-0.25, -0.2) is 0 Å². The van der Waals surface area contributed by atoms with Crippen molar-refractivity contribution in [3.8, 4) is 5.75 Å². The highest BCUT2D eigenvalue weighted by Crippen LogP contribution is 2.21. The fourth-order valence-corrected chi connectivity index (χ4v) is 1.82. The van der Waals surface area contributed by atoms with Gasteiger partial charge in [0.1, 0.15) is 5.75 Å². The van der Waals surface area contributed by atoms with Gasteiger partial charge in [0.05, 0.1) is 12.7 Å². The molecular formula is C15H25NO3. The molecule has 0 radical (unpaired) electrons. The smallest absolute Gasteiger partial charge is 0.119 e. The lowest BCUT2D eigenvalue weighted by molar-refractivity contribution is 0.141. The Labute approximate surface area is 115 Å². The molecule has 108 valence electrons. The summed E-state index contributed by atoms with van der Waals surface area (Å²) in [5.74, 6) is 0.835.